The number of nitrogens with zero attached hydrogens (tertiary/aromatic N) is 3. The lowest BCUT2D eigenvalue weighted by Gasteiger charge is -2.35. The maximum Gasteiger partial charge on any atom is 0.281 e. The van der Waals surface area contributed by atoms with Crippen molar-refractivity contribution in [3.8, 4) is 5.75 Å². The number of hydrogen-bond acceptors (Lipinski definition) is 4. The molecule has 0 N–H and O–H groups in total. The fourth-order valence-corrected chi connectivity index (χ4v) is 4.11. The summed E-state index contributed by atoms with van der Waals surface area (Å²) in [6, 6.07) is 8.07. The molecule has 28 heavy (non-hydrogen) atoms. The van der Waals surface area contributed by atoms with Gasteiger partial charge in [-0.3, -0.25) is 4.79 Å². The summed E-state index contributed by atoms with van der Waals surface area (Å²) in [5.41, 5.74) is 1.37. The minimum absolute atomic E-state index is 0.0496. The molecule has 1 heterocycles. The summed E-state index contributed by atoms with van der Waals surface area (Å²) in [6.45, 7) is 8.53. The molecule has 1 amide bonds. The molecule has 1 fully saturated rings. The third-order valence-corrected chi connectivity index (χ3v) is 6.84. The van der Waals surface area contributed by atoms with Crippen LogP contribution < -0.4 is 4.74 Å². The smallest absolute Gasteiger partial charge is 0.281 e. The number of rotatable bonds is 7. The second-order valence-electron chi connectivity index (χ2n) is 8.30. The molecule has 0 spiro atoms. The number of benzene rings is 1. The molecule has 0 saturated carbocycles. The Kier molecular flexibility index (Phi) is 7.47. The fourth-order valence-electron chi connectivity index (χ4n) is 3.02. The van der Waals surface area contributed by atoms with Crippen LogP contribution in [0.25, 0.3) is 0 Å². The van der Waals surface area contributed by atoms with Crippen LogP contribution in [-0.4, -0.2) is 74.7 Å². The molecule has 0 aliphatic carbocycles. The van der Waals surface area contributed by atoms with E-state index >= 15 is 0 Å². The van der Waals surface area contributed by atoms with Crippen molar-refractivity contribution in [3.05, 3.63) is 29.8 Å². The second kappa shape index (κ2) is 9.24. The van der Waals surface area contributed by atoms with E-state index in [-0.39, 0.29) is 11.3 Å². The van der Waals surface area contributed by atoms with Gasteiger partial charge >= 0.3 is 0 Å². The lowest BCUT2D eigenvalue weighted by Crippen LogP contribution is -2.53. The molecule has 1 aromatic carbocycles. The van der Waals surface area contributed by atoms with Gasteiger partial charge in [0.05, 0.1) is 6.61 Å². The van der Waals surface area contributed by atoms with Gasteiger partial charge in [0.2, 0.25) is 5.91 Å². The average Bonchev–Trinajstić information content (AvgIpc) is 2.64. The number of hydrogen-bond donors (Lipinski definition) is 0. The number of amides is 1. The van der Waals surface area contributed by atoms with E-state index in [1.54, 1.807) is 4.90 Å². The minimum atomic E-state index is -3.40. The molecule has 1 aliphatic heterocycles. The summed E-state index contributed by atoms with van der Waals surface area (Å²) in [4.78, 5) is 14.1. The van der Waals surface area contributed by atoms with Gasteiger partial charge in [0, 0.05) is 46.7 Å². The highest BCUT2D eigenvalue weighted by molar-refractivity contribution is 7.86. The highest BCUT2D eigenvalue weighted by atomic mass is 32.2. The van der Waals surface area contributed by atoms with E-state index in [2.05, 4.69) is 32.9 Å². The monoisotopic (exact) mass is 411 g/mol. The molecule has 0 atom stereocenters. The number of carbonyl (C=O) groups excluding carboxylic acids is 1. The Labute approximate surface area is 169 Å². The van der Waals surface area contributed by atoms with Gasteiger partial charge in [-0.25, -0.2) is 0 Å². The molecule has 8 heteroatoms. The normalized spacial score (nSPS) is 16.4. The first-order valence-corrected chi connectivity index (χ1v) is 11.1. The topological polar surface area (TPSA) is 70.2 Å². The maximum atomic E-state index is 12.3. The van der Waals surface area contributed by atoms with Crippen molar-refractivity contribution in [2.45, 2.75) is 39.0 Å². The van der Waals surface area contributed by atoms with Crippen molar-refractivity contribution in [1.29, 1.82) is 0 Å². The summed E-state index contributed by atoms with van der Waals surface area (Å²) >= 11 is 0. The molecule has 0 aromatic heterocycles. The predicted octanol–water partition coefficient (Wildman–Crippen LogP) is 2.09. The quantitative estimate of drug-likeness (QED) is 0.644. The van der Waals surface area contributed by atoms with Crippen molar-refractivity contribution in [2.24, 2.45) is 0 Å². The van der Waals surface area contributed by atoms with Gasteiger partial charge in [0.1, 0.15) is 5.75 Å². The van der Waals surface area contributed by atoms with E-state index < -0.39 is 10.2 Å². The summed E-state index contributed by atoms with van der Waals surface area (Å²) in [6.07, 6.45) is 1.04. The van der Waals surface area contributed by atoms with E-state index in [1.807, 2.05) is 12.1 Å². The highest BCUT2D eigenvalue weighted by Gasteiger charge is 2.29. The standard InChI is InChI=1S/C20H33N3O4S/c1-20(2,3)17-8-10-18(11-9-17)27-16-6-7-19(24)22-12-14-23(15-13-22)28(25,26)21(4)5/h8-11H,6-7,12-16H2,1-5H3. The van der Waals surface area contributed by atoms with E-state index in [4.69, 9.17) is 4.74 Å². The van der Waals surface area contributed by atoms with Crippen LogP contribution in [0, 0.1) is 0 Å². The first-order valence-electron chi connectivity index (χ1n) is 9.70. The largest absolute Gasteiger partial charge is 0.494 e. The minimum Gasteiger partial charge on any atom is -0.494 e. The van der Waals surface area contributed by atoms with Crippen molar-refractivity contribution in [3.63, 3.8) is 0 Å². The molecule has 0 bridgehead atoms. The van der Waals surface area contributed by atoms with Crippen LogP contribution in [0.4, 0.5) is 0 Å². The van der Waals surface area contributed by atoms with Crippen LogP contribution in [0.5, 0.6) is 5.75 Å². The zero-order valence-electron chi connectivity index (χ0n) is 17.6. The zero-order chi connectivity index (χ0) is 20.9. The Balaban J connectivity index is 1.71. The molecule has 158 valence electrons. The average molecular weight is 412 g/mol. The Bertz CT molecular complexity index is 747. The molecular weight excluding hydrogens is 378 g/mol. The first kappa shape index (κ1) is 22.6. The van der Waals surface area contributed by atoms with Crippen LogP contribution >= 0.6 is 0 Å². The highest BCUT2D eigenvalue weighted by Crippen LogP contribution is 2.24. The van der Waals surface area contributed by atoms with Gasteiger partial charge in [0.15, 0.2) is 0 Å². The van der Waals surface area contributed by atoms with Crippen molar-refractivity contribution < 1.29 is 17.9 Å². The van der Waals surface area contributed by atoms with Crippen LogP contribution in [0.3, 0.4) is 0 Å². The van der Waals surface area contributed by atoms with E-state index in [0.717, 1.165) is 5.75 Å². The zero-order valence-corrected chi connectivity index (χ0v) is 18.5. The van der Waals surface area contributed by atoms with Gasteiger partial charge < -0.3 is 9.64 Å². The second-order valence-corrected chi connectivity index (χ2v) is 10.4. The third-order valence-electron chi connectivity index (χ3n) is 4.90. The molecule has 1 saturated heterocycles. The van der Waals surface area contributed by atoms with Crippen LogP contribution in [0.2, 0.25) is 0 Å². The summed E-state index contributed by atoms with van der Waals surface area (Å²) in [5.74, 6) is 0.858. The number of ether oxygens (including phenoxy) is 1. The lowest BCUT2D eigenvalue weighted by atomic mass is 9.87. The SMILES string of the molecule is CN(C)S(=O)(=O)N1CCN(C(=O)CCCOc2ccc(C(C)(C)C)cc2)CC1. The van der Waals surface area contributed by atoms with Gasteiger partial charge in [-0.2, -0.15) is 17.0 Å². The third kappa shape index (κ3) is 5.93. The predicted molar refractivity (Wildman–Crippen MR) is 111 cm³/mol. The molecule has 1 aliphatic rings. The van der Waals surface area contributed by atoms with Gasteiger partial charge in [0.25, 0.3) is 10.2 Å². The Morgan fingerprint density at radius 2 is 1.64 bits per heavy atom. The number of carbonyl (C=O) groups is 1. The Hall–Kier alpha value is -1.64. The van der Waals surface area contributed by atoms with Crippen molar-refractivity contribution >= 4 is 16.1 Å². The summed E-state index contributed by atoms with van der Waals surface area (Å²) in [5, 5.41) is 0. The van der Waals surface area contributed by atoms with Crippen LogP contribution in [0.1, 0.15) is 39.2 Å². The van der Waals surface area contributed by atoms with Gasteiger partial charge in [-0.05, 0) is 29.5 Å². The molecule has 7 nitrogen and oxygen atoms in total. The summed E-state index contributed by atoms with van der Waals surface area (Å²) < 4.78 is 32.6. The van der Waals surface area contributed by atoms with Crippen molar-refractivity contribution in [1.82, 2.24) is 13.5 Å². The van der Waals surface area contributed by atoms with Gasteiger partial charge in [-0.15, -0.1) is 0 Å². The molecule has 1 aromatic rings. The van der Waals surface area contributed by atoms with E-state index in [0.29, 0.717) is 45.6 Å². The molecular formula is C20H33N3O4S. The van der Waals surface area contributed by atoms with E-state index in [1.165, 1.54) is 28.3 Å². The van der Waals surface area contributed by atoms with Gasteiger partial charge in [-0.1, -0.05) is 32.9 Å². The first-order chi connectivity index (χ1) is 13.0. The molecule has 2 rings (SSSR count). The Morgan fingerprint density at radius 1 is 1.07 bits per heavy atom. The Morgan fingerprint density at radius 3 is 2.14 bits per heavy atom. The van der Waals surface area contributed by atoms with Crippen LogP contribution in [0.15, 0.2) is 24.3 Å². The lowest BCUT2D eigenvalue weighted by molar-refractivity contribution is -0.132. The maximum absolute atomic E-state index is 12.3. The van der Waals surface area contributed by atoms with Crippen LogP contribution in [-0.2, 0) is 20.4 Å². The summed E-state index contributed by atoms with van der Waals surface area (Å²) in [7, 11) is -0.370. The van der Waals surface area contributed by atoms with E-state index in [9.17, 15) is 13.2 Å². The van der Waals surface area contributed by atoms with Crippen molar-refractivity contribution in [2.75, 3.05) is 46.9 Å². The number of piperazine rings is 1. The molecule has 0 radical (unpaired) electrons. The fraction of sp³-hybridized carbons (Fsp3) is 0.650. The molecule has 0 unspecified atom stereocenters.